The van der Waals surface area contributed by atoms with Gasteiger partial charge in [-0.3, -0.25) is 14.2 Å². The fourth-order valence-corrected chi connectivity index (χ4v) is 5.72. The summed E-state index contributed by atoms with van der Waals surface area (Å²) in [6, 6.07) is 17.0. The van der Waals surface area contributed by atoms with Crippen molar-refractivity contribution < 1.29 is 4.79 Å². The number of para-hydroxylation sites is 1. The number of fused-ring (bicyclic) bond motifs is 3. The van der Waals surface area contributed by atoms with Crippen LogP contribution in [0.3, 0.4) is 0 Å². The SMILES string of the molecule is O=C(Cn1c(-c2ccccc2)nc2sc3c(c2c1=O)CCCC3)Nc1ccccc1Br. The van der Waals surface area contributed by atoms with Crippen LogP contribution >= 0.6 is 27.3 Å². The highest BCUT2D eigenvalue weighted by molar-refractivity contribution is 9.10. The van der Waals surface area contributed by atoms with Gasteiger partial charge in [-0.2, -0.15) is 0 Å². The maximum Gasteiger partial charge on any atom is 0.263 e. The predicted molar refractivity (Wildman–Crippen MR) is 129 cm³/mol. The lowest BCUT2D eigenvalue weighted by Crippen LogP contribution is -2.30. The molecule has 0 aliphatic heterocycles. The van der Waals surface area contributed by atoms with Gasteiger partial charge in [0.05, 0.1) is 11.1 Å². The number of halogens is 1. The second-order valence-electron chi connectivity index (χ2n) is 7.61. The molecule has 0 fully saturated rings. The van der Waals surface area contributed by atoms with Gasteiger partial charge < -0.3 is 5.32 Å². The van der Waals surface area contributed by atoms with Crippen molar-refractivity contribution in [2.24, 2.45) is 0 Å². The predicted octanol–water partition coefficient (Wildman–Crippen LogP) is 5.41. The van der Waals surface area contributed by atoms with Crippen LogP contribution in [-0.4, -0.2) is 15.5 Å². The second kappa shape index (κ2) is 8.40. The van der Waals surface area contributed by atoms with Gasteiger partial charge in [0.1, 0.15) is 17.2 Å². The van der Waals surface area contributed by atoms with Crippen molar-refractivity contribution in [2.75, 3.05) is 5.32 Å². The molecular formula is C24H20BrN3O2S. The van der Waals surface area contributed by atoms with Crippen molar-refractivity contribution in [3.63, 3.8) is 0 Å². The lowest BCUT2D eigenvalue weighted by Gasteiger charge is -2.14. The summed E-state index contributed by atoms with van der Waals surface area (Å²) in [4.78, 5) is 33.5. The summed E-state index contributed by atoms with van der Waals surface area (Å²) in [5.41, 5.74) is 2.49. The first-order valence-electron chi connectivity index (χ1n) is 10.3. The van der Waals surface area contributed by atoms with Crippen molar-refractivity contribution in [1.82, 2.24) is 9.55 Å². The van der Waals surface area contributed by atoms with E-state index in [1.54, 1.807) is 11.3 Å². The number of nitrogens with zero attached hydrogens (tertiary/aromatic N) is 2. The Kier molecular flexibility index (Phi) is 5.46. The molecule has 4 aromatic rings. The third-order valence-electron chi connectivity index (χ3n) is 5.56. The highest BCUT2D eigenvalue weighted by Crippen LogP contribution is 2.34. The molecule has 0 saturated carbocycles. The number of benzene rings is 2. The molecule has 2 aromatic carbocycles. The molecule has 156 valence electrons. The maximum atomic E-state index is 13.7. The topological polar surface area (TPSA) is 64.0 Å². The summed E-state index contributed by atoms with van der Waals surface area (Å²) < 4.78 is 2.31. The zero-order valence-electron chi connectivity index (χ0n) is 16.7. The van der Waals surface area contributed by atoms with E-state index >= 15 is 0 Å². The Morgan fingerprint density at radius 2 is 1.81 bits per heavy atom. The lowest BCUT2D eigenvalue weighted by atomic mass is 9.97. The number of thiophene rings is 1. The average molecular weight is 494 g/mol. The summed E-state index contributed by atoms with van der Waals surface area (Å²) in [5.74, 6) is 0.260. The van der Waals surface area contributed by atoms with Gasteiger partial charge in [-0.25, -0.2) is 4.98 Å². The van der Waals surface area contributed by atoms with Gasteiger partial charge >= 0.3 is 0 Å². The molecular weight excluding hydrogens is 474 g/mol. The van der Waals surface area contributed by atoms with Crippen molar-refractivity contribution in [2.45, 2.75) is 32.2 Å². The van der Waals surface area contributed by atoms with Crippen LogP contribution in [0.25, 0.3) is 21.6 Å². The minimum Gasteiger partial charge on any atom is -0.324 e. The molecule has 1 aliphatic rings. The number of carbonyl (C=O) groups excluding carboxylic acids is 1. The molecule has 0 unspecified atom stereocenters. The van der Waals surface area contributed by atoms with Crippen LogP contribution < -0.4 is 10.9 Å². The molecule has 31 heavy (non-hydrogen) atoms. The molecule has 5 rings (SSSR count). The quantitative estimate of drug-likeness (QED) is 0.413. The molecule has 0 radical (unpaired) electrons. The largest absolute Gasteiger partial charge is 0.324 e. The summed E-state index contributed by atoms with van der Waals surface area (Å²) in [5, 5.41) is 3.59. The Balaban J connectivity index is 1.62. The Morgan fingerprint density at radius 1 is 1.06 bits per heavy atom. The standard InChI is InChI=1S/C24H20BrN3O2S/c25-17-11-5-6-12-18(17)26-20(29)14-28-22(15-8-2-1-3-9-15)27-23-21(24(28)30)16-10-4-7-13-19(16)31-23/h1-3,5-6,8-9,11-12H,4,7,10,13-14H2,(H,26,29). The summed E-state index contributed by atoms with van der Waals surface area (Å²) >= 11 is 5.07. The van der Waals surface area contributed by atoms with Crippen molar-refractivity contribution in [3.05, 3.63) is 79.9 Å². The van der Waals surface area contributed by atoms with Crippen molar-refractivity contribution >= 4 is 49.1 Å². The molecule has 0 bridgehead atoms. The van der Waals surface area contributed by atoms with Crippen LogP contribution in [-0.2, 0) is 24.2 Å². The number of nitrogens with one attached hydrogen (secondary N) is 1. The fourth-order valence-electron chi connectivity index (χ4n) is 4.09. The minimum absolute atomic E-state index is 0.0993. The molecule has 1 aliphatic carbocycles. The van der Waals surface area contributed by atoms with Gasteiger partial charge in [0.15, 0.2) is 0 Å². The van der Waals surface area contributed by atoms with E-state index in [9.17, 15) is 9.59 Å². The number of aryl methyl sites for hydroxylation is 2. The zero-order chi connectivity index (χ0) is 21.4. The van der Waals surface area contributed by atoms with E-state index in [2.05, 4.69) is 21.2 Å². The van der Waals surface area contributed by atoms with Gasteiger partial charge in [0.25, 0.3) is 5.56 Å². The third kappa shape index (κ3) is 3.83. The monoisotopic (exact) mass is 493 g/mol. The summed E-state index contributed by atoms with van der Waals surface area (Å²) in [6.07, 6.45) is 4.13. The molecule has 2 aromatic heterocycles. The van der Waals surface area contributed by atoms with Crippen LogP contribution in [0.1, 0.15) is 23.3 Å². The molecule has 1 amide bonds. The van der Waals surface area contributed by atoms with E-state index in [-0.39, 0.29) is 18.0 Å². The molecule has 0 spiro atoms. The average Bonchev–Trinajstić information content (AvgIpc) is 3.16. The molecule has 0 saturated heterocycles. The van der Waals surface area contributed by atoms with Gasteiger partial charge in [0.2, 0.25) is 5.91 Å². The summed E-state index contributed by atoms with van der Waals surface area (Å²) in [6.45, 7) is -0.0993. The smallest absolute Gasteiger partial charge is 0.263 e. The number of hydrogen-bond acceptors (Lipinski definition) is 4. The first-order valence-corrected chi connectivity index (χ1v) is 11.9. The van der Waals surface area contributed by atoms with Gasteiger partial charge in [-0.1, -0.05) is 42.5 Å². The third-order valence-corrected chi connectivity index (χ3v) is 7.43. The molecule has 0 atom stereocenters. The van der Waals surface area contributed by atoms with Crippen LogP contribution in [0.4, 0.5) is 5.69 Å². The number of hydrogen-bond donors (Lipinski definition) is 1. The molecule has 2 heterocycles. The fraction of sp³-hybridized carbons (Fsp3) is 0.208. The maximum absolute atomic E-state index is 13.7. The Bertz CT molecular complexity index is 1340. The number of carbonyl (C=O) groups is 1. The van der Waals surface area contributed by atoms with Gasteiger partial charge in [0, 0.05) is 14.9 Å². The Labute approximate surface area is 191 Å². The Hall–Kier alpha value is -2.77. The lowest BCUT2D eigenvalue weighted by molar-refractivity contribution is -0.116. The van der Waals surface area contributed by atoms with E-state index in [1.165, 1.54) is 9.44 Å². The Morgan fingerprint density at radius 3 is 2.61 bits per heavy atom. The first kappa shape index (κ1) is 20.2. The van der Waals surface area contributed by atoms with Gasteiger partial charge in [-0.15, -0.1) is 11.3 Å². The minimum atomic E-state index is -0.267. The highest BCUT2D eigenvalue weighted by atomic mass is 79.9. The van der Waals surface area contributed by atoms with E-state index < -0.39 is 0 Å². The van der Waals surface area contributed by atoms with Crippen molar-refractivity contribution in [1.29, 1.82) is 0 Å². The van der Waals surface area contributed by atoms with E-state index in [0.29, 0.717) is 16.9 Å². The van der Waals surface area contributed by atoms with Gasteiger partial charge in [-0.05, 0) is 59.3 Å². The molecule has 5 nitrogen and oxygen atoms in total. The first-order chi connectivity index (χ1) is 15.1. The van der Waals surface area contributed by atoms with Crippen LogP contribution in [0.15, 0.2) is 63.9 Å². The number of amides is 1. The zero-order valence-corrected chi connectivity index (χ0v) is 19.1. The normalized spacial score (nSPS) is 13.2. The number of rotatable bonds is 4. The number of anilines is 1. The molecule has 7 heteroatoms. The van der Waals surface area contributed by atoms with E-state index in [1.807, 2.05) is 54.6 Å². The summed E-state index contributed by atoms with van der Waals surface area (Å²) in [7, 11) is 0. The van der Waals surface area contributed by atoms with E-state index in [0.717, 1.165) is 46.1 Å². The number of aromatic nitrogens is 2. The van der Waals surface area contributed by atoms with Crippen LogP contribution in [0.2, 0.25) is 0 Å². The molecule has 1 N–H and O–H groups in total. The van der Waals surface area contributed by atoms with Crippen LogP contribution in [0.5, 0.6) is 0 Å². The van der Waals surface area contributed by atoms with Crippen LogP contribution in [0, 0.1) is 0 Å². The van der Waals surface area contributed by atoms with Crippen molar-refractivity contribution in [3.8, 4) is 11.4 Å². The second-order valence-corrected chi connectivity index (χ2v) is 9.55. The van der Waals surface area contributed by atoms with E-state index in [4.69, 9.17) is 4.98 Å². The highest BCUT2D eigenvalue weighted by Gasteiger charge is 2.23.